The molecular formula is C15H14BrNO2S2. The molecule has 0 aliphatic carbocycles. The van der Waals surface area contributed by atoms with Gasteiger partial charge in [0.1, 0.15) is 0 Å². The van der Waals surface area contributed by atoms with Crippen molar-refractivity contribution >= 4 is 44.5 Å². The number of rotatable bonds is 4. The number of carbonyl (C=O) groups is 1. The van der Waals surface area contributed by atoms with Gasteiger partial charge in [0, 0.05) is 21.2 Å². The predicted octanol–water partition coefficient (Wildman–Crippen LogP) is 3.54. The van der Waals surface area contributed by atoms with Gasteiger partial charge in [-0.15, -0.1) is 22.7 Å². The maximum Gasteiger partial charge on any atom is 0.261 e. The average Bonchev–Trinajstić information content (AvgIpc) is 3.03. The molecule has 0 aromatic carbocycles. The van der Waals surface area contributed by atoms with Crippen LogP contribution in [0, 0.1) is 18.8 Å². The van der Waals surface area contributed by atoms with Crippen molar-refractivity contribution in [1.29, 1.82) is 0 Å². The molecule has 0 unspecified atom stereocenters. The molecule has 110 valence electrons. The number of hydrogen-bond donors (Lipinski definition) is 2. The molecule has 0 radical (unpaired) electrons. The molecule has 0 aliphatic heterocycles. The van der Waals surface area contributed by atoms with Crippen molar-refractivity contribution in [2.24, 2.45) is 0 Å². The lowest BCUT2D eigenvalue weighted by molar-refractivity contribution is 0.0955. The largest absolute Gasteiger partial charge is 0.395 e. The Morgan fingerprint density at radius 2 is 2.29 bits per heavy atom. The highest BCUT2D eigenvalue weighted by Gasteiger charge is 2.11. The summed E-state index contributed by atoms with van der Waals surface area (Å²) in [6.07, 6.45) is 0.451. The SMILES string of the molecule is Cc1cc(C(=O)NCc2cc(Br)cs2)sc1C#CCCO. The van der Waals surface area contributed by atoms with Gasteiger partial charge in [0.25, 0.3) is 5.91 Å². The number of aliphatic hydroxyl groups excluding tert-OH is 1. The van der Waals surface area contributed by atoms with Crippen molar-refractivity contribution in [3.63, 3.8) is 0 Å². The molecule has 2 heterocycles. The third-order valence-electron chi connectivity index (χ3n) is 2.63. The van der Waals surface area contributed by atoms with Crippen LogP contribution < -0.4 is 5.32 Å². The number of aliphatic hydroxyl groups is 1. The van der Waals surface area contributed by atoms with Gasteiger partial charge in [0.2, 0.25) is 0 Å². The van der Waals surface area contributed by atoms with Gasteiger partial charge in [-0.1, -0.05) is 11.8 Å². The Kier molecular flexibility index (Phi) is 6.00. The molecule has 3 nitrogen and oxygen atoms in total. The summed E-state index contributed by atoms with van der Waals surface area (Å²) in [4.78, 5) is 14.8. The summed E-state index contributed by atoms with van der Waals surface area (Å²) in [5, 5.41) is 13.6. The van der Waals surface area contributed by atoms with Crippen LogP contribution in [0.15, 0.2) is 22.0 Å². The Morgan fingerprint density at radius 1 is 1.48 bits per heavy atom. The molecule has 0 aliphatic rings. The minimum absolute atomic E-state index is 0.0567. The molecule has 2 aromatic rings. The second-order valence-corrected chi connectivity index (χ2v) is 7.28. The summed E-state index contributed by atoms with van der Waals surface area (Å²) in [6.45, 7) is 2.52. The van der Waals surface area contributed by atoms with Gasteiger partial charge in [-0.05, 0) is 40.5 Å². The van der Waals surface area contributed by atoms with Crippen LogP contribution in [0.5, 0.6) is 0 Å². The first-order valence-corrected chi connectivity index (χ1v) is 8.80. The van der Waals surface area contributed by atoms with Crippen LogP contribution in [0.3, 0.4) is 0 Å². The molecule has 2 N–H and O–H groups in total. The van der Waals surface area contributed by atoms with Crippen LogP contribution in [-0.4, -0.2) is 17.6 Å². The van der Waals surface area contributed by atoms with Gasteiger partial charge >= 0.3 is 0 Å². The fraction of sp³-hybridized carbons (Fsp3) is 0.267. The average molecular weight is 384 g/mol. The quantitative estimate of drug-likeness (QED) is 0.793. The lowest BCUT2D eigenvalue weighted by atomic mass is 10.2. The Labute approximate surface area is 140 Å². The molecule has 2 aromatic heterocycles. The minimum Gasteiger partial charge on any atom is -0.395 e. The number of carbonyl (C=O) groups excluding carboxylic acids is 1. The number of nitrogens with one attached hydrogen (secondary N) is 1. The lowest BCUT2D eigenvalue weighted by Gasteiger charge is -2.00. The van der Waals surface area contributed by atoms with Crippen molar-refractivity contribution in [1.82, 2.24) is 5.32 Å². The van der Waals surface area contributed by atoms with E-state index >= 15 is 0 Å². The highest BCUT2D eigenvalue weighted by molar-refractivity contribution is 9.10. The smallest absolute Gasteiger partial charge is 0.261 e. The van der Waals surface area contributed by atoms with Gasteiger partial charge < -0.3 is 10.4 Å². The van der Waals surface area contributed by atoms with Gasteiger partial charge in [0.15, 0.2) is 0 Å². The number of amides is 1. The van der Waals surface area contributed by atoms with Crippen molar-refractivity contribution in [2.75, 3.05) is 6.61 Å². The molecule has 2 rings (SSSR count). The van der Waals surface area contributed by atoms with E-state index in [1.807, 2.05) is 24.4 Å². The van der Waals surface area contributed by atoms with Gasteiger partial charge in [-0.25, -0.2) is 0 Å². The van der Waals surface area contributed by atoms with E-state index in [1.165, 1.54) is 11.3 Å². The summed E-state index contributed by atoms with van der Waals surface area (Å²) in [7, 11) is 0. The first kappa shape index (κ1) is 16.2. The van der Waals surface area contributed by atoms with Gasteiger partial charge in [-0.3, -0.25) is 4.79 Å². The van der Waals surface area contributed by atoms with Crippen LogP contribution in [-0.2, 0) is 6.54 Å². The van der Waals surface area contributed by atoms with Crippen LogP contribution in [0.4, 0.5) is 0 Å². The first-order chi connectivity index (χ1) is 10.1. The van der Waals surface area contributed by atoms with Crippen molar-refractivity contribution in [3.8, 4) is 11.8 Å². The molecule has 0 fully saturated rings. The summed E-state index contributed by atoms with van der Waals surface area (Å²) in [5.41, 5.74) is 0.995. The Bertz CT molecular complexity index is 694. The summed E-state index contributed by atoms with van der Waals surface area (Å²) < 4.78 is 1.03. The molecule has 0 bridgehead atoms. The zero-order valence-electron chi connectivity index (χ0n) is 11.4. The highest BCUT2D eigenvalue weighted by Crippen LogP contribution is 2.22. The molecule has 0 atom stereocenters. The lowest BCUT2D eigenvalue weighted by Crippen LogP contribution is -2.21. The second-order valence-electron chi connectivity index (χ2n) is 4.31. The second kappa shape index (κ2) is 7.76. The maximum atomic E-state index is 12.1. The Balaban J connectivity index is 2.00. The molecule has 1 amide bonds. The normalized spacial score (nSPS) is 10.0. The summed E-state index contributed by atoms with van der Waals surface area (Å²) in [5.74, 6) is 5.79. The van der Waals surface area contributed by atoms with Crippen molar-refractivity contribution in [2.45, 2.75) is 19.9 Å². The van der Waals surface area contributed by atoms with E-state index in [2.05, 4.69) is 33.1 Å². The van der Waals surface area contributed by atoms with E-state index in [9.17, 15) is 4.79 Å². The van der Waals surface area contributed by atoms with Crippen LogP contribution in [0.25, 0.3) is 0 Å². The van der Waals surface area contributed by atoms with E-state index < -0.39 is 0 Å². The number of aryl methyl sites for hydroxylation is 1. The third kappa shape index (κ3) is 4.68. The first-order valence-electron chi connectivity index (χ1n) is 6.31. The van der Waals surface area contributed by atoms with E-state index in [-0.39, 0.29) is 12.5 Å². The zero-order chi connectivity index (χ0) is 15.2. The highest BCUT2D eigenvalue weighted by atomic mass is 79.9. The van der Waals surface area contributed by atoms with E-state index in [0.717, 1.165) is 19.8 Å². The monoisotopic (exact) mass is 383 g/mol. The molecule has 0 saturated heterocycles. The number of halogens is 1. The fourth-order valence-corrected chi connectivity index (χ4v) is 3.97. The molecule has 6 heteroatoms. The van der Waals surface area contributed by atoms with Crippen LogP contribution in [0.1, 0.15) is 31.4 Å². The predicted molar refractivity (Wildman–Crippen MR) is 90.8 cm³/mol. The van der Waals surface area contributed by atoms with E-state index in [1.54, 1.807) is 11.3 Å². The Morgan fingerprint density at radius 3 is 2.95 bits per heavy atom. The zero-order valence-corrected chi connectivity index (χ0v) is 14.6. The van der Waals surface area contributed by atoms with Gasteiger partial charge in [0.05, 0.1) is 22.9 Å². The van der Waals surface area contributed by atoms with Crippen LogP contribution >= 0.6 is 38.6 Å². The van der Waals surface area contributed by atoms with Crippen LogP contribution in [0.2, 0.25) is 0 Å². The molecular weight excluding hydrogens is 370 g/mol. The van der Waals surface area contributed by atoms with Gasteiger partial charge in [-0.2, -0.15) is 0 Å². The van der Waals surface area contributed by atoms with Crippen molar-refractivity contribution in [3.05, 3.63) is 42.2 Å². The topological polar surface area (TPSA) is 49.3 Å². The summed E-state index contributed by atoms with van der Waals surface area (Å²) in [6, 6.07) is 3.85. The van der Waals surface area contributed by atoms with E-state index in [0.29, 0.717) is 17.8 Å². The maximum absolute atomic E-state index is 12.1. The Hall–Kier alpha value is -1.13. The fourth-order valence-electron chi connectivity index (χ4n) is 1.62. The third-order valence-corrected chi connectivity index (χ3v) is 5.47. The minimum atomic E-state index is -0.0807. The van der Waals surface area contributed by atoms with E-state index in [4.69, 9.17) is 5.11 Å². The number of hydrogen-bond acceptors (Lipinski definition) is 4. The standard InChI is InChI=1S/C15H14BrNO2S2/c1-10-6-14(21-13(10)4-2-3-5-18)15(19)17-8-12-7-11(16)9-20-12/h6-7,9,18H,3,5,8H2,1H3,(H,17,19). The summed E-state index contributed by atoms with van der Waals surface area (Å²) >= 11 is 6.38. The number of thiophene rings is 2. The molecule has 21 heavy (non-hydrogen) atoms. The van der Waals surface area contributed by atoms with Crippen molar-refractivity contribution < 1.29 is 9.90 Å². The molecule has 0 saturated carbocycles. The molecule has 0 spiro atoms.